The molecule has 0 aliphatic rings. The van der Waals surface area contributed by atoms with Crippen LogP contribution in [-0.4, -0.2) is 17.2 Å². The number of hydrogen-bond donors (Lipinski definition) is 2. The quantitative estimate of drug-likeness (QED) is 0.607. The lowest BCUT2D eigenvalue weighted by atomic mass is 10.1. The molecule has 0 aliphatic carbocycles. The molecule has 0 aromatic rings. The zero-order valence-corrected chi connectivity index (χ0v) is 6.20. The van der Waals surface area contributed by atoms with Crippen LogP contribution in [0.5, 0.6) is 0 Å². The SMILES string of the molecule is C.CC(C)CC(ON)C(=O)O. The first-order valence-electron chi connectivity index (χ1n) is 3.16. The average Bonchev–Trinajstić information content (AvgIpc) is 1.81. The average molecular weight is 163 g/mol. The molecule has 0 saturated heterocycles. The van der Waals surface area contributed by atoms with E-state index < -0.39 is 12.1 Å². The molecular weight excluding hydrogens is 146 g/mol. The Kier molecular flexibility index (Phi) is 7.24. The minimum absolute atomic E-state index is 0. The maximum absolute atomic E-state index is 10.3. The van der Waals surface area contributed by atoms with Gasteiger partial charge in [-0.3, -0.25) is 4.84 Å². The summed E-state index contributed by atoms with van der Waals surface area (Å²) in [6, 6.07) is 0. The number of carbonyl (C=O) groups is 1. The van der Waals surface area contributed by atoms with Gasteiger partial charge in [0.05, 0.1) is 0 Å². The third-order valence-corrected chi connectivity index (χ3v) is 1.13. The Morgan fingerprint density at radius 3 is 2.18 bits per heavy atom. The van der Waals surface area contributed by atoms with Crippen LogP contribution in [0, 0.1) is 5.92 Å². The fraction of sp³-hybridized carbons (Fsp3) is 0.857. The monoisotopic (exact) mass is 163 g/mol. The van der Waals surface area contributed by atoms with Gasteiger partial charge in [0.1, 0.15) is 0 Å². The molecule has 0 amide bonds. The number of hydrogen-bond acceptors (Lipinski definition) is 3. The summed E-state index contributed by atoms with van der Waals surface area (Å²) in [4.78, 5) is 14.5. The molecule has 3 N–H and O–H groups in total. The van der Waals surface area contributed by atoms with Crippen LogP contribution in [0.15, 0.2) is 0 Å². The molecule has 68 valence electrons. The zero-order chi connectivity index (χ0) is 8.15. The summed E-state index contributed by atoms with van der Waals surface area (Å²) in [5.41, 5.74) is 0. The van der Waals surface area contributed by atoms with Crippen molar-refractivity contribution in [2.24, 2.45) is 11.8 Å². The number of aliphatic carboxylic acids is 1. The van der Waals surface area contributed by atoms with Crippen LogP contribution in [0.25, 0.3) is 0 Å². The van der Waals surface area contributed by atoms with Crippen LogP contribution in [0.4, 0.5) is 0 Å². The van der Waals surface area contributed by atoms with Crippen molar-refractivity contribution in [1.29, 1.82) is 0 Å². The second-order valence-electron chi connectivity index (χ2n) is 2.59. The first-order chi connectivity index (χ1) is 4.57. The number of rotatable bonds is 4. The van der Waals surface area contributed by atoms with Crippen molar-refractivity contribution >= 4 is 5.97 Å². The van der Waals surface area contributed by atoms with Crippen molar-refractivity contribution in [3.63, 3.8) is 0 Å². The Morgan fingerprint density at radius 2 is 2.09 bits per heavy atom. The Hall–Kier alpha value is -0.610. The predicted octanol–water partition coefficient (Wildman–Crippen LogP) is 1.01. The fourth-order valence-electron chi connectivity index (χ4n) is 0.643. The predicted molar refractivity (Wildman–Crippen MR) is 42.9 cm³/mol. The van der Waals surface area contributed by atoms with Crippen molar-refractivity contribution in [2.45, 2.75) is 33.8 Å². The van der Waals surface area contributed by atoms with Crippen LogP contribution < -0.4 is 5.90 Å². The lowest BCUT2D eigenvalue weighted by molar-refractivity contribution is -0.151. The van der Waals surface area contributed by atoms with E-state index in [0.29, 0.717) is 6.42 Å². The van der Waals surface area contributed by atoms with Crippen LogP contribution in [0.3, 0.4) is 0 Å². The van der Waals surface area contributed by atoms with Crippen molar-refractivity contribution < 1.29 is 14.7 Å². The Morgan fingerprint density at radius 1 is 1.64 bits per heavy atom. The highest BCUT2D eigenvalue weighted by atomic mass is 16.6. The summed E-state index contributed by atoms with van der Waals surface area (Å²) < 4.78 is 0. The largest absolute Gasteiger partial charge is 0.479 e. The molecule has 4 heteroatoms. The van der Waals surface area contributed by atoms with Gasteiger partial charge in [0.2, 0.25) is 0 Å². The normalized spacial score (nSPS) is 12.4. The minimum atomic E-state index is -1.00. The Bertz CT molecular complexity index is 114. The molecule has 0 spiro atoms. The van der Waals surface area contributed by atoms with Gasteiger partial charge in [-0.1, -0.05) is 21.3 Å². The molecule has 0 aromatic carbocycles. The van der Waals surface area contributed by atoms with E-state index in [1.807, 2.05) is 13.8 Å². The summed E-state index contributed by atoms with van der Waals surface area (Å²) >= 11 is 0. The smallest absolute Gasteiger partial charge is 0.334 e. The maximum atomic E-state index is 10.3. The lowest BCUT2D eigenvalue weighted by Crippen LogP contribution is -2.28. The van der Waals surface area contributed by atoms with Crippen molar-refractivity contribution in [1.82, 2.24) is 0 Å². The molecule has 0 radical (unpaired) electrons. The first-order valence-corrected chi connectivity index (χ1v) is 3.16. The van der Waals surface area contributed by atoms with Crippen LogP contribution in [0.2, 0.25) is 0 Å². The number of nitrogens with two attached hydrogens (primary N) is 1. The molecule has 0 fully saturated rings. The van der Waals surface area contributed by atoms with E-state index >= 15 is 0 Å². The van der Waals surface area contributed by atoms with E-state index in [1.165, 1.54) is 0 Å². The van der Waals surface area contributed by atoms with Crippen molar-refractivity contribution in [3.05, 3.63) is 0 Å². The van der Waals surface area contributed by atoms with E-state index in [1.54, 1.807) is 0 Å². The molecule has 4 nitrogen and oxygen atoms in total. The third kappa shape index (κ3) is 5.82. The van der Waals surface area contributed by atoms with Crippen LogP contribution >= 0.6 is 0 Å². The zero-order valence-electron chi connectivity index (χ0n) is 6.20. The van der Waals surface area contributed by atoms with Gasteiger partial charge in [0, 0.05) is 0 Å². The highest BCUT2D eigenvalue weighted by molar-refractivity contribution is 5.72. The molecule has 0 rings (SSSR count). The highest BCUT2D eigenvalue weighted by Gasteiger charge is 2.17. The summed E-state index contributed by atoms with van der Waals surface area (Å²) in [5.74, 6) is 4.02. The molecular formula is C7H17NO3. The molecule has 0 saturated carbocycles. The van der Waals surface area contributed by atoms with Gasteiger partial charge < -0.3 is 5.11 Å². The minimum Gasteiger partial charge on any atom is -0.479 e. The molecule has 11 heavy (non-hydrogen) atoms. The first kappa shape index (κ1) is 13.0. The van der Waals surface area contributed by atoms with Gasteiger partial charge in [-0.05, 0) is 12.3 Å². The molecule has 0 bridgehead atoms. The maximum Gasteiger partial charge on any atom is 0.334 e. The second kappa shape index (κ2) is 6.12. The summed E-state index contributed by atoms with van der Waals surface area (Å²) in [6.07, 6.45) is -0.411. The summed E-state index contributed by atoms with van der Waals surface area (Å²) in [6.45, 7) is 3.82. The van der Waals surface area contributed by atoms with Crippen molar-refractivity contribution in [2.75, 3.05) is 0 Å². The van der Waals surface area contributed by atoms with Gasteiger partial charge in [0.25, 0.3) is 0 Å². The molecule has 1 atom stereocenters. The molecule has 0 aromatic heterocycles. The van der Waals surface area contributed by atoms with Gasteiger partial charge in [-0.15, -0.1) is 0 Å². The van der Waals surface area contributed by atoms with Gasteiger partial charge in [-0.2, -0.15) is 0 Å². The summed E-state index contributed by atoms with van der Waals surface area (Å²) in [7, 11) is 0. The standard InChI is InChI=1S/C6H13NO3.CH4/c1-4(2)3-5(10-7)6(8)9;/h4-5H,3,7H2,1-2H3,(H,8,9);1H4. The highest BCUT2D eigenvalue weighted by Crippen LogP contribution is 2.06. The molecule has 1 unspecified atom stereocenters. The Labute approximate surface area is 67.3 Å². The number of carboxylic acid groups (broad SMARTS) is 1. The lowest BCUT2D eigenvalue weighted by Gasteiger charge is -2.10. The Balaban J connectivity index is 0. The van der Waals surface area contributed by atoms with E-state index in [2.05, 4.69) is 4.84 Å². The van der Waals surface area contributed by atoms with E-state index in [0.717, 1.165) is 0 Å². The van der Waals surface area contributed by atoms with Crippen molar-refractivity contribution in [3.8, 4) is 0 Å². The van der Waals surface area contributed by atoms with E-state index in [4.69, 9.17) is 11.0 Å². The molecule has 0 aliphatic heterocycles. The fourth-order valence-corrected chi connectivity index (χ4v) is 0.643. The van der Waals surface area contributed by atoms with E-state index in [9.17, 15) is 4.79 Å². The van der Waals surface area contributed by atoms with Gasteiger partial charge >= 0.3 is 5.97 Å². The van der Waals surface area contributed by atoms with Gasteiger partial charge in [-0.25, -0.2) is 10.7 Å². The number of carboxylic acids is 1. The second-order valence-corrected chi connectivity index (χ2v) is 2.59. The molecule has 0 heterocycles. The van der Waals surface area contributed by atoms with Crippen LogP contribution in [0.1, 0.15) is 27.7 Å². The van der Waals surface area contributed by atoms with Crippen LogP contribution in [-0.2, 0) is 9.63 Å². The van der Waals surface area contributed by atoms with E-state index in [-0.39, 0.29) is 13.3 Å². The third-order valence-electron chi connectivity index (χ3n) is 1.13. The summed E-state index contributed by atoms with van der Waals surface area (Å²) in [5, 5.41) is 8.42. The van der Waals surface area contributed by atoms with Gasteiger partial charge in [0.15, 0.2) is 6.10 Å². The topological polar surface area (TPSA) is 72.5 Å².